The van der Waals surface area contributed by atoms with Gasteiger partial charge >= 0.3 is 0 Å². The van der Waals surface area contributed by atoms with Crippen molar-refractivity contribution in [2.24, 2.45) is 38.2 Å². The maximum absolute atomic E-state index is 15.2. The molecule has 7 aliphatic rings. The van der Waals surface area contributed by atoms with Crippen molar-refractivity contribution < 1.29 is 23.8 Å². The zero-order valence-electron chi connectivity index (χ0n) is 29.4. The van der Waals surface area contributed by atoms with Crippen molar-refractivity contribution in [3.8, 4) is 5.75 Å². The number of ether oxygens (including phenoxy) is 3. The van der Waals surface area contributed by atoms with Crippen LogP contribution in [0, 0.1) is 16.7 Å². The second-order valence-electron chi connectivity index (χ2n) is 15.8. The third-order valence-corrected chi connectivity index (χ3v) is 14.2. The molecule has 2 aromatic rings. The first-order valence-electron chi connectivity index (χ1n) is 18.2. The average molecular weight is 761 g/mol. The fourth-order valence-corrected chi connectivity index (χ4v) is 11.5. The lowest BCUT2D eigenvalue weighted by Crippen LogP contribution is -2.75. The summed E-state index contributed by atoms with van der Waals surface area (Å²) in [6.45, 7) is 1.54. The predicted molar refractivity (Wildman–Crippen MR) is 194 cm³/mol. The summed E-state index contributed by atoms with van der Waals surface area (Å²) in [7, 11) is 5.13. The van der Waals surface area contributed by atoms with Gasteiger partial charge in [0.15, 0.2) is 23.0 Å². The number of carbonyl (C=O) groups excluding carboxylic acids is 2. The number of amides is 2. The van der Waals surface area contributed by atoms with Crippen molar-refractivity contribution in [3.05, 3.63) is 63.1 Å². The van der Waals surface area contributed by atoms with Crippen molar-refractivity contribution in [3.63, 3.8) is 0 Å². The van der Waals surface area contributed by atoms with Crippen LogP contribution in [0.1, 0.15) is 60.8 Å². The Kier molecular flexibility index (Phi) is 7.51. The summed E-state index contributed by atoms with van der Waals surface area (Å²) in [5.74, 6) is 1.36. The van der Waals surface area contributed by atoms with Gasteiger partial charge in [0.25, 0.3) is 11.8 Å². The maximum Gasteiger partial charge on any atom is 0.262 e. The highest BCUT2D eigenvalue weighted by molar-refractivity contribution is 9.10. The molecule has 2 aromatic carbocycles. The lowest BCUT2D eigenvalue weighted by atomic mass is 9.54. The number of rotatable bonds is 7. The second-order valence-corrected chi connectivity index (χ2v) is 16.7. The van der Waals surface area contributed by atoms with Crippen LogP contribution < -0.4 is 21.5 Å². The van der Waals surface area contributed by atoms with Gasteiger partial charge in [-0.15, -0.1) is 0 Å². The summed E-state index contributed by atoms with van der Waals surface area (Å²) in [4.78, 5) is 42.9. The van der Waals surface area contributed by atoms with Crippen molar-refractivity contribution in [1.29, 1.82) is 0 Å². The molecule has 4 spiro atoms. The smallest absolute Gasteiger partial charge is 0.262 e. The number of benzene rings is 2. The Morgan fingerprint density at radius 2 is 1.63 bits per heavy atom. The van der Waals surface area contributed by atoms with Gasteiger partial charge in [0.1, 0.15) is 12.4 Å². The molecule has 270 valence electrons. The molecule has 5 N–H and O–H groups in total. The summed E-state index contributed by atoms with van der Waals surface area (Å²) < 4.78 is 17.9. The lowest BCUT2D eigenvalue weighted by molar-refractivity contribution is -0.146. The zero-order chi connectivity index (χ0) is 35.5. The summed E-state index contributed by atoms with van der Waals surface area (Å²) in [5, 5.41) is 3.72. The molecule has 4 atom stereocenters. The number of carbonyl (C=O) groups is 2. The first-order chi connectivity index (χ1) is 24.5. The number of methoxy groups -OCH3 is 2. The Hall–Kier alpha value is -3.52. The van der Waals surface area contributed by atoms with Crippen LogP contribution in [-0.2, 0) is 43.0 Å². The molecule has 4 aliphatic carbocycles. The third kappa shape index (κ3) is 4.23. The number of halogens is 1. The van der Waals surface area contributed by atoms with Crippen molar-refractivity contribution >= 4 is 39.7 Å². The number of fused-ring (bicyclic) bond motifs is 6. The molecule has 2 saturated carbocycles. The summed E-state index contributed by atoms with van der Waals surface area (Å²) in [6, 6.07) is 12.2. The number of nitrogens with one attached hydrogen (secondary N) is 1. The Balaban J connectivity index is 1.01. The van der Waals surface area contributed by atoms with Crippen molar-refractivity contribution in [2.45, 2.75) is 80.6 Å². The van der Waals surface area contributed by atoms with Gasteiger partial charge in [-0.25, -0.2) is 9.98 Å². The van der Waals surface area contributed by atoms with E-state index in [1.807, 2.05) is 24.3 Å². The summed E-state index contributed by atoms with van der Waals surface area (Å²) in [5.41, 5.74) is 14.3. The number of nitrogens with two attached hydrogens (primary N) is 2. The molecule has 1 saturated heterocycles. The zero-order valence-corrected chi connectivity index (χ0v) is 31.0. The van der Waals surface area contributed by atoms with Crippen LogP contribution in [0.25, 0.3) is 0 Å². The van der Waals surface area contributed by atoms with Crippen molar-refractivity contribution in [1.82, 2.24) is 15.1 Å². The molecule has 0 aromatic heterocycles. The van der Waals surface area contributed by atoms with Gasteiger partial charge in [0.2, 0.25) is 0 Å². The molecule has 13 heteroatoms. The number of likely N-dealkylation sites (N-methyl/N-ethyl adjacent to an activating group) is 1. The highest BCUT2D eigenvalue weighted by Crippen LogP contribution is 2.65. The normalized spacial score (nSPS) is 37.6. The molecular weight excluding hydrogens is 714 g/mol. The Morgan fingerprint density at radius 1 is 0.922 bits per heavy atom. The standard InChI is InChI=1S/C38H46BrN7O5/c1-45-31(47)38(43-33(45)40)28-16-24(39)6-4-22(28)19-36(38)20-42-30(36)23-14-25(15-23)46-32(48)37(44-34(46)41)29-17-27(51-13-12-49-2)7-5-21(29)18-35(37)10-8-26(50-3)9-11-35/h4-7,16-17,23,25-26,30,42H,8-15,18-20H2,1-3H3,(H2,40,43)(H2,41,44). The van der Waals surface area contributed by atoms with Crippen LogP contribution in [0.3, 0.4) is 0 Å². The van der Waals surface area contributed by atoms with Gasteiger partial charge in [-0.2, -0.15) is 0 Å². The second kappa shape index (κ2) is 11.5. The molecule has 12 nitrogen and oxygen atoms in total. The number of guanidine groups is 2. The molecular formula is C38H46BrN7O5. The van der Waals surface area contributed by atoms with E-state index in [1.165, 1.54) is 4.90 Å². The van der Waals surface area contributed by atoms with Crippen LogP contribution >= 0.6 is 15.9 Å². The first-order valence-corrected chi connectivity index (χ1v) is 19.0. The molecule has 3 aliphatic heterocycles. The highest BCUT2D eigenvalue weighted by atomic mass is 79.9. The molecule has 3 fully saturated rings. The largest absolute Gasteiger partial charge is 0.491 e. The molecule has 9 rings (SSSR count). The number of nitrogens with zero attached hydrogens (tertiary/aromatic N) is 4. The van der Waals surface area contributed by atoms with Gasteiger partial charge < -0.3 is 31.0 Å². The van der Waals surface area contributed by atoms with E-state index in [0.29, 0.717) is 31.5 Å². The minimum atomic E-state index is -1.11. The fraction of sp³-hybridized carbons (Fsp3) is 0.579. The molecule has 2 amide bonds. The summed E-state index contributed by atoms with van der Waals surface area (Å²) >= 11 is 3.64. The SMILES string of the molecule is COCCOc1ccc2c(c1)C1(N=C(N)N(C3CC(C4NCC45Cc4ccc(Br)cc4C54N=C(N)N(C)C4=O)C3)C1=O)C1(CCC(OC)CC1)C2. The average Bonchev–Trinajstić information content (AvgIpc) is 3.72. The van der Waals surface area contributed by atoms with Crippen LogP contribution in [0.2, 0.25) is 0 Å². The van der Waals surface area contributed by atoms with Gasteiger partial charge in [0, 0.05) is 55.2 Å². The summed E-state index contributed by atoms with van der Waals surface area (Å²) in [6.07, 6.45) is 6.56. The highest BCUT2D eigenvalue weighted by Gasteiger charge is 2.74. The first kappa shape index (κ1) is 33.3. The number of hydrogen-bond donors (Lipinski definition) is 3. The lowest BCUT2D eigenvalue weighted by Gasteiger charge is -2.60. The molecule has 4 unspecified atom stereocenters. The Labute approximate surface area is 306 Å². The maximum atomic E-state index is 15.2. The van der Waals surface area contributed by atoms with E-state index in [9.17, 15) is 4.79 Å². The monoisotopic (exact) mass is 759 g/mol. The van der Waals surface area contributed by atoms with Gasteiger partial charge in [-0.1, -0.05) is 28.1 Å². The minimum absolute atomic E-state index is 0.0198. The molecule has 0 bridgehead atoms. The van der Waals surface area contributed by atoms with E-state index in [2.05, 4.69) is 33.4 Å². The van der Waals surface area contributed by atoms with E-state index >= 15 is 4.79 Å². The Morgan fingerprint density at radius 3 is 2.29 bits per heavy atom. The minimum Gasteiger partial charge on any atom is -0.491 e. The molecule has 3 heterocycles. The van der Waals surface area contributed by atoms with Crippen LogP contribution in [0.5, 0.6) is 5.75 Å². The van der Waals surface area contributed by atoms with E-state index < -0.39 is 21.9 Å². The Bertz CT molecular complexity index is 1890. The molecule has 51 heavy (non-hydrogen) atoms. The number of aliphatic imine (C=N–C) groups is 2. The van der Waals surface area contributed by atoms with E-state index in [0.717, 1.165) is 78.1 Å². The van der Waals surface area contributed by atoms with Gasteiger partial charge in [0.05, 0.1) is 12.7 Å². The van der Waals surface area contributed by atoms with E-state index in [1.54, 1.807) is 26.2 Å². The van der Waals surface area contributed by atoms with Crippen LogP contribution in [0.15, 0.2) is 50.9 Å². The quantitative estimate of drug-likeness (QED) is 0.364. The third-order valence-electron chi connectivity index (χ3n) is 13.8. The topological polar surface area (TPSA) is 157 Å². The van der Waals surface area contributed by atoms with Gasteiger partial charge in [-0.3, -0.25) is 19.4 Å². The van der Waals surface area contributed by atoms with Crippen LogP contribution in [0.4, 0.5) is 0 Å². The van der Waals surface area contributed by atoms with Crippen LogP contribution in [-0.4, -0.2) is 92.7 Å². The number of hydrogen-bond acceptors (Lipinski definition) is 10. The van der Waals surface area contributed by atoms with E-state index in [-0.39, 0.29) is 41.9 Å². The predicted octanol–water partition coefficient (Wildman–Crippen LogP) is 2.93. The molecule has 0 radical (unpaired) electrons. The van der Waals surface area contributed by atoms with E-state index in [4.69, 9.17) is 35.7 Å². The van der Waals surface area contributed by atoms with Crippen molar-refractivity contribution in [2.75, 3.05) is 41.0 Å². The van der Waals surface area contributed by atoms with Gasteiger partial charge in [-0.05, 0) is 104 Å². The fourth-order valence-electron chi connectivity index (χ4n) is 11.1.